The molecule has 7 heteroatoms. The van der Waals surface area contributed by atoms with Crippen LogP contribution in [0.2, 0.25) is 0 Å². The zero-order valence-electron chi connectivity index (χ0n) is 11.4. The quantitative estimate of drug-likeness (QED) is 0.439. The maximum atomic E-state index is 11.6. The van der Waals surface area contributed by atoms with Crippen molar-refractivity contribution < 1.29 is 9.21 Å². The third-order valence-corrected chi connectivity index (χ3v) is 3.99. The van der Waals surface area contributed by atoms with E-state index in [0.29, 0.717) is 23.6 Å². The average molecular weight is 302 g/mol. The summed E-state index contributed by atoms with van der Waals surface area (Å²) in [6, 6.07) is 5.71. The fourth-order valence-corrected chi connectivity index (χ4v) is 2.90. The first-order valence-corrected chi connectivity index (χ1v) is 7.22. The molecular formula is C14H14N4O2S. The lowest BCUT2D eigenvalue weighted by Crippen LogP contribution is -2.30. The molecule has 0 aliphatic rings. The van der Waals surface area contributed by atoms with Gasteiger partial charge in [0.2, 0.25) is 0 Å². The molecule has 0 unspecified atom stereocenters. The van der Waals surface area contributed by atoms with Crippen molar-refractivity contribution in [3.8, 4) is 10.7 Å². The average Bonchev–Trinajstić information content (AvgIpc) is 3.18. The zero-order chi connectivity index (χ0) is 14.8. The minimum absolute atomic E-state index is 0.355. The van der Waals surface area contributed by atoms with Crippen LogP contribution >= 0.6 is 11.3 Å². The van der Waals surface area contributed by atoms with E-state index in [1.165, 1.54) is 0 Å². The van der Waals surface area contributed by atoms with Crippen molar-refractivity contribution in [1.82, 2.24) is 15.0 Å². The Hall–Kier alpha value is -2.38. The summed E-state index contributed by atoms with van der Waals surface area (Å²) in [5, 5.41) is 2.01. The summed E-state index contributed by atoms with van der Waals surface area (Å²) in [5.41, 5.74) is 2.56. The van der Waals surface area contributed by atoms with E-state index in [4.69, 9.17) is 10.3 Å². The van der Waals surface area contributed by atoms with Gasteiger partial charge in [0.1, 0.15) is 17.3 Å². The van der Waals surface area contributed by atoms with Crippen LogP contribution in [0.4, 0.5) is 0 Å². The molecule has 0 bridgehead atoms. The van der Waals surface area contributed by atoms with Gasteiger partial charge in [0.05, 0.1) is 17.0 Å². The highest BCUT2D eigenvalue weighted by Crippen LogP contribution is 2.24. The number of aromatic nitrogens is 2. The van der Waals surface area contributed by atoms with E-state index >= 15 is 0 Å². The second kappa shape index (κ2) is 5.55. The van der Waals surface area contributed by atoms with Crippen molar-refractivity contribution in [2.24, 2.45) is 5.84 Å². The normalized spacial score (nSPS) is 10.8. The zero-order valence-corrected chi connectivity index (χ0v) is 12.2. The Morgan fingerprint density at radius 1 is 1.57 bits per heavy atom. The Morgan fingerprint density at radius 2 is 2.43 bits per heavy atom. The minimum atomic E-state index is -0.355. The van der Waals surface area contributed by atoms with Crippen LogP contribution in [0, 0.1) is 6.92 Å². The highest BCUT2D eigenvalue weighted by Gasteiger charge is 2.15. The number of nitrogen functional groups attached to an aromatic ring is 1. The summed E-state index contributed by atoms with van der Waals surface area (Å²) < 4.78 is 7.60. The number of imidazole rings is 1. The monoisotopic (exact) mass is 302 g/mol. The molecule has 6 nitrogen and oxygen atoms in total. The summed E-state index contributed by atoms with van der Waals surface area (Å²) in [4.78, 5) is 17.0. The fourth-order valence-electron chi connectivity index (χ4n) is 2.16. The van der Waals surface area contributed by atoms with Crippen molar-refractivity contribution in [3.63, 3.8) is 0 Å². The lowest BCUT2D eigenvalue weighted by atomic mass is 10.2. The number of nitrogens with zero attached hydrogens (tertiary/aromatic N) is 2. The lowest BCUT2D eigenvalue weighted by molar-refractivity contribution is 0.0952. The molecule has 3 heterocycles. The Labute approximate surface area is 125 Å². The Bertz CT molecular complexity index is 758. The molecule has 0 saturated carbocycles. The number of nitrogens with one attached hydrogen (secondary N) is 1. The number of thiophene rings is 1. The molecular weight excluding hydrogens is 288 g/mol. The van der Waals surface area contributed by atoms with E-state index in [1.54, 1.807) is 30.5 Å². The van der Waals surface area contributed by atoms with Crippen molar-refractivity contribution in [2.75, 3.05) is 0 Å². The Balaban J connectivity index is 1.88. The Kier molecular flexibility index (Phi) is 3.59. The molecule has 0 radical (unpaired) electrons. The van der Waals surface area contributed by atoms with Gasteiger partial charge in [-0.15, -0.1) is 11.3 Å². The number of carbonyl (C=O) groups excluding carboxylic acids is 1. The molecule has 0 aliphatic heterocycles. The van der Waals surface area contributed by atoms with E-state index in [9.17, 15) is 4.79 Å². The Morgan fingerprint density at radius 3 is 3.14 bits per heavy atom. The molecule has 0 saturated heterocycles. The third kappa shape index (κ3) is 2.61. The molecule has 0 atom stereocenters. The van der Waals surface area contributed by atoms with Crippen LogP contribution in [0.1, 0.15) is 21.9 Å². The third-order valence-electron chi connectivity index (χ3n) is 3.13. The number of hydrazine groups is 1. The number of hydrogen-bond acceptors (Lipinski definition) is 5. The van der Waals surface area contributed by atoms with Crippen molar-refractivity contribution in [3.05, 3.63) is 53.1 Å². The summed E-state index contributed by atoms with van der Waals surface area (Å²) in [6.07, 6.45) is 3.63. The summed E-state index contributed by atoms with van der Waals surface area (Å²) >= 11 is 1.63. The van der Waals surface area contributed by atoms with Crippen molar-refractivity contribution >= 4 is 17.2 Å². The van der Waals surface area contributed by atoms with Gasteiger partial charge in [-0.2, -0.15) is 0 Å². The minimum Gasteiger partial charge on any atom is -0.464 e. The second-order valence-electron chi connectivity index (χ2n) is 4.51. The molecule has 0 fully saturated rings. The highest BCUT2D eigenvalue weighted by molar-refractivity contribution is 7.13. The van der Waals surface area contributed by atoms with Crippen LogP contribution in [-0.4, -0.2) is 15.5 Å². The van der Waals surface area contributed by atoms with Crippen LogP contribution in [0.25, 0.3) is 10.7 Å². The molecule has 0 aromatic carbocycles. The standard InChI is InChI=1S/C14H14N4O2S/c1-9-11(14(19)17-15)7-10(20-9)8-18-5-4-16-13(18)12-3-2-6-21-12/h2-7H,8,15H2,1H3,(H,17,19). The number of nitrogens with two attached hydrogens (primary N) is 1. The first kappa shape index (κ1) is 13.6. The molecule has 108 valence electrons. The summed E-state index contributed by atoms with van der Waals surface area (Å²) in [6.45, 7) is 2.24. The molecule has 21 heavy (non-hydrogen) atoms. The number of amides is 1. The van der Waals surface area contributed by atoms with E-state index in [-0.39, 0.29) is 5.91 Å². The van der Waals surface area contributed by atoms with E-state index in [0.717, 1.165) is 10.7 Å². The van der Waals surface area contributed by atoms with Crippen molar-refractivity contribution in [1.29, 1.82) is 0 Å². The number of carbonyl (C=O) groups is 1. The smallest absolute Gasteiger partial charge is 0.268 e. The molecule has 1 amide bonds. The van der Waals surface area contributed by atoms with Gasteiger partial charge in [-0.3, -0.25) is 10.2 Å². The number of rotatable bonds is 4. The molecule has 3 rings (SSSR count). The van der Waals surface area contributed by atoms with Crippen LogP contribution in [0.3, 0.4) is 0 Å². The molecule has 0 aliphatic carbocycles. The molecule has 3 aromatic rings. The van der Waals surface area contributed by atoms with E-state index in [2.05, 4.69) is 10.4 Å². The fraction of sp³-hybridized carbons (Fsp3) is 0.143. The number of hydrogen-bond donors (Lipinski definition) is 2. The van der Waals surface area contributed by atoms with Gasteiger partial charge < -0.3 is 8.98 Å². The molecule has 3 aromatic heterocycles. The second-order valence-corrected chi connectivity index (χ2v) is 5.46. The summed E-state index contributed by atoms with van der Waals surface area (Å²) in [5.74, 6) is 6.90. The maximum Gasteiger partial charge on any atom is 0.268 e. The molecule has 3 N–H and O–H groups in total. The van der Waals surface area contributed by atoms with Gasteiger partial charge >= 0.3 is 0 Å². The van der Waals surface area contributed by atoms with Gasteiger partial charge in [0.25, 0.3) is 5.91 Å². The van der Waals surface area contributed by atoms with E-state index < -0.39 is 0 Å². The predicted molar refractivity (Wildman–Crippen MR) is 79.7 cm³/mol. The van der Waals surface area contributed by atoms with Gasteiger partial charge in [-0.05, 0) is 24.4 Å². The van der Waals surface area contributed by atoms with Crippen LogP contribution in [-0.2, 0) is 6.54 Å². The first-order valence-electron chi connectivity index (χ1n) is 6.34. The number of aryl methyl sites for hydroxylation is 1. The largest absolute Gasteiger partial charge is 0.464 e. The predicted octanol–water partition coefficient (Wildman–Crippen LogP) is 2.16. The van der Waals surface area contributed by atoms with Crippen molar-refractivity contribution in [2.45, 2.75) is 13.5 Å². The van der Waals surface area contributed by atoms with Gasteiger partial charge in [0, 0.05) is 12.4 Å². The topological polar surface area (TPSA) is 86.1 Å². The molecule has 0 spiro atoms. The lowest BCUT2D eigenvalue weighted by Gasteiger charge is -2.03. The van der Waals surface area contributed by atoms with E-state index in [1.807, 2.05) is 28.3 Å². The van der Waals surface area contributed by atoms with Crippen LogP contribution in [0.5, 0.6) is 0 Å². The van der Waals surface area contributed by atoms with Gasteiger partial charge in [-0.1, -0.05) is 6.07 Å². The van der Waals surface area contributed by atoms with Crippen LogP contribution in [0.15, 0.2) is 40.4 Å². The maximum absolute atomic E-state index is 11.6. The number of furan rings is 1. The first-order chi connectivity index (χ1) is 10.2. The highest BCUT2D eigenvalue weighted by atomic mass is 32.1. The van der Waals surface area contributed by atoms with Gasteiger partial charge in [0.15, 0.2) is 0 Å². The van der Waals surface area contributed by atoms with Crippen LogP contribution < -0.4 is 11.3 Å². The van der Waals surface area contributed by atoms with Gasteiger partial charge in [-0.25, -0.2) is 10.8 Å². The SMILES string of the molecule is Cc1oc(Cn2ccnc2-c2cccs2)cc1C(=O)NN. The summed E-state index contributed by atoms with van der Waals surface area (Å²) in [7, 11) is 0.